The number of morpholine rings is 2. The van der Waals surface area contributed by atoms with Gasteiger partial charge in [-0.3, -0.25) is 4.98 Å². The number of rotatable bonds is 10. The van der Waals surface area contributed by atoms with Gasteiger partial charge in [-0.2, -0.15) is 20.2 Å². The van der Waals surface area contributed by atoms with Gasteiger partial charge in [0, 0.05) is 53.9 Å². The number of hydrogen-bond donors (Lipinski definition) is 2. The van der Waals surface area contributed by atoms with E-state index in [-0.39, 0.29) is 0 Å². The monoisotopic (exact) mass is 878 g/mol. The predicted octanol–water partition coefficient (Wildman–Crippen LogP) is 8.90. The maximum absolute atomic E-state index is 5.54. The summed E-state index contributed by atoms with van der Waals surface area (Å²) in [6.07, 6.45) is 7.21. The molecule has 320 valence electrons. The molecule has 0 amide bonds. The van der Waals surface area contributed by atoms with Crippen LogP contribution < -0.4 is 20.7 Å². The normalized spacial score (nSPS) is 14.5. The smallest absolute Gasteiger partial charge is 0.246 e. The first kappa shape index (κ1) is 41.7. The topological polar surface area (TPSA) is 164 Å². The fourth-order valence-electron chi connectivity index (χ4n) is 7.38. The third-order valence-corrected chi connectivity index (χ3v) is 12.6. The molecule has 2 saturated heterocycles. The molecule has 63 heavy (non-hydrogen) atoms. The van der Waals surface area contributed by atoms with E-state index in [0.717, 1.165) is 102 Å². The first-order valence-corrected chi connectivity index (χ1v) is 22.3. The molecule has 8 aromatic rings. The Hall–Kier alpha value is -6.66. The van der Waals surface area contributed by atoms with Crippen molar-refractivity contribution in [2.24, 2.45) is 10.2 Å². The van der Waals surface area contributed by atoms with Crippen LogP contribution in [0.15, 0.2) is 99.9 Å². The van der Waals surface area contributed by atoms with Crippen LogP contribution in [0.3, 0.4) is 0 Å². The van der Waals surface area contributed by atoms with Gasteiger partial charge in [0.25, 0.3) is 0 Å². The summed E-state index contributed by atoms with van der Waals surface area (Å²) >= 11 is 3.24. The number of hydrazone groups is 2. The number of ether oxygens (including phenoxy) is 2. The van der Waals surface area contributed by atoms with E-state index in [1.807, 2.05) is 50.4 Å². The van der Waals surface area contributed by atoms with Crippen LogP contribution in [0.1, 0.15) is 33.7 Å². The Kier molecular flexibility index (Phi) is 12.7. The minimum Gasteiger partial charge on any atom is -0.378 e. The number of aryl methyl sites for hydroxylation is 4. The van der Waals surface area contributed by atoms with E-state index in [9.17, 15) is 0 Å². The SMILES string of the molecule is Cc1cccc(/C=N/Nc2nc(N3CCOCC3)c3cc(-c4c(C)noc4C)sc3n2)c1.Cc1cccc(/C=N/Nc2nc(N3CCOCC3)c3cc(-c4cccnc4)sc3n2)c1. The molecule has 0 saturated carbocycles. The van der Waals surface area contributed by atoms with Crippen molar-refractivity contribution in [1.82, 2.24) is 30.1 Å². The molecule has 0 unspecified atom stereocenters. The van der Waals surface area contributed by atoms with Gasteiger partial charge < -0.3 is 23.8 Å². The van der Waals surface area contributed by atoms with Crippen LogP contribution in [0.25, 0.3) is 41.3 Å². The minimum absolute atomic E-state index is 0.468. The second kappa shape index (κ2) is 19.2. The van der Waals surface area contributed by atoms with Gasteiger partial charge in [-0.1, -0.05) is 70.9 Å². The van der Waals surface area contributed by atoms with Crippen molar-refractivity contribution < 1.29 is 14.0 Å². The van der Waals surface area contributed by atoms with Crippen LogP contribution >= 0.6 is 22.7 Å². The largest absolute Gasteiger partial charge is 0.378 e. The van der Waals surface area contributed by atoms with Gasteiger partial charge in [-0.05, 0) is 57.0 Å². The minimum atomic E-state index is 0.468. The number of aromatic nitrogens is 6. The fraction of sp³-hybridized carbons (Fsp3) is 0.261. The Bertz CT molecular complexity index is 2880. The summed E-state index contributed by atoms with van der Waals surface area (Å²) in [5.74, 6) is 3.55. The fourth-order valence-corrected chi connectivity index (χ4v) is 9.57. The Morgan fingerprint density at radius 3 is 1.67 bits per heavy atom. The summed E-state index contributed by atoms with van der Waals surface area (Å²) in [4.78, 5) is 31.8. The number of nitrogens with zero attached hydrogens (tertiary/aromatic N) is 10. The molecule has 2 fully saturated rings. The first-order valence-electron chi connectivity index (χ1n) is 20.7. The third kappa shape index (κ3) is 9.86. The summed E-state index contributed by atoms with van der Waals surface area (Å²) in [5.41, 5.74) is 13.4. The lowest BCUT2D eigenvalue weighted by Crippen LogP contribution is -2.37. The lowest BCUT2D eigenvalue weighted by molar-refractivity contribution is 0.122. The maximum atomic E-state index is 5.54. The zero-order chi connectivity index (χ0) is 43.1. The van der Waals surface area contributed by atoms with Gasteiger partial charge in [0.15, 0.2) is 0 Å². The average molecular weight is 879 g/mol. The van der Waals surface area contributed by atoms with Gasteiger partial charge in [0.2, 0.25) is 11.9 Å². The molecule has 0 spiro atoms. The highest BCUT2D eigenvalue weighted by molar-refractivity contribution is 7.22. The van der Waals surface area contributed by atoms with Crippen LogP contribution in [0.4, 0.5) is 23.5 Å². The highest BCUT2D eigenvalue weighted by Crippen LogP contribution is 2.40. The van der Waals surface area contributed by atoms with Crippen LogP contribution in [-0.4, -0.2) is 95.1 Å². The average Bonchev–Trinajstić information content (AvgIpc) is 4.03. The molecule has 2 aromatic carbocycles. The summed E-state index contributed by atoms with van der Waals surface area (Å²) in [5, 5.41) is 14.9. The highest BCUT2D eigenvalue weighted by Gasteiger charge is 2.23. The van der Waals surface area contributed by atoms with Gasteiger partial charge >= 0.3 is 0 Å². The summed E-state index contributed by atoms with van der Waals surface area (Å²) < 4.78 is 16.5. The van der Waals surface area contributed by atoms with Gasteiger partial charge in [0.05, 0.1) is 60.9 Å². The van der Waals surface area contributed by atoms with E-state index >= 15 is 0 Å². The van der Waals surface area contributed by atoms with Crippen molar-refractivity contribution >= 4 is 79.1 Å². The molecule has 2 N–H and O–H groups in total. The van der Waals surface area contributed by atoms with Crippen molar-refractivity contribution in [3.8, 4) is 20.9 Å². The third-order valence-electron chi connectivity index (χ3n) is 10.4. The zero-order valence-electron chi connectivity index (χ0n) is 35.4. The lowest BCUT2D eigenvalue weighted by atomic mass is 10.1. The maximum Gasteiger partial charge on any atom is 0.246 e. The number of thiophene rings is 2. The summed E-state index contributed by atoms with van der Waals surface area (Å²) in [6.45, 7) is 13.9. The molecule has 0 aliphatic carbocycles. The summed E-state index contributed by atoms with van der Waals surface area (Å²) in [7, 11) is 0. The molecule has 6 aromatic heterocycles. The molecule has 0 radical (unpaired) electrons. The second-order valence-electron chi connectivity index (χ2n) is 15.1. The molecular weight excluding hydrogens is 833 g/mol. The Morgan fingerprint density at radius 1 is 0.635 bits per heavy atom. The van der Waals surface area contributed by atoms with Crippen molar-refractivity contribution in [3.05, 3.63) is 119 Å². The Labute approximate surface area is 372 Å². The molecule has 0 atom stereocenters. The molecule has 2 aliphatic heterocycles. The number of fused-ring (bicyclic) bond motifs is 2. The van der Waals surface area contributed by atoms with Gasteiger partial charge in [-0.25, -0.2) is 20.8 Å². The van der Waals surface area contributed by atoms with Gasteiger partial charge in [0.1, 0.15) is 27.1 Å². The number of nitrogens with one attached hydrogen (secondary N) is 2. The molecule has 0 bridgehead atoms. The van der Waals surface area contributed by atoms with E-state index in [4.69, 9.17) is 33.9 Å². The van der Waals surface area contributed by atoms with Gasteiger partial charge in [-0.15, -0.1) is 22.7 Å². The number of hydrogen-bond acceptors (Lipinski definition) is 17. The second-order valence-corrected chi connectivity index (χ2v) is 17.2. The Morgan fingerprint density at radius 2 is 1.17 bits per heavy atom. The Balaban J connectivity index is 0.000000160. The van der Waals surface area contributed by atoms with E-state index in [0.29, 0.717) is 38.3 Å². The highest BCUT2D eigenvalue weighted by atomic mass is 32.1. The number of pyridine rings is 1. The zero-order valence-corrected chi connectivity index (χ0v) is 37.0. The van der Waals surface area contributed by atoms with Crippen molar-refractivity contribution in [2.45, 2.75) is 27.7 Å². The van der Waals surface area contributed by atoms with Crippen molar-refractivity contribution in [2.75, 3.05) is 73.3 Å². The summed E-state index contributed by atoms with van der Waals surface area (Å²) in [6, 6.07) is 24.6. The molecule has 2 aliphatic rings. The predicted molar refractivity (Wildman–Crippen MR) is 254 cm³/mol. The standard InChI is InChI=1S/C23H24N6O2S.C23H22N6OS/c1-14-5-4-6-17(11-14)13-24-27-23-25-21(29-7-9-30-10-8-29)18-12-19(32-22(18)26-23)20-15(2)28-31-16(20)3;1-16-4-2-5-17(12-16)14-25-28-23-26-21(29-8-10-30-11-9-29)19-13-20(31-22(19)27-23)18-6-3-7-24-15-18/h4-6,11-13H,7-10H2,1-3H3,(H,25,26,27);2-7,12-15H,8-11H2,1H3,(H,26,27,28)/b24-13+;25-14+. The van der Waals surface area contributed by atoms with Crippen LogP contribution in [0, 0.1) is 27.7 Å². The van der Waals surface area contributed by atoms with E-state index in [1.54, 1.807) is 41.3 Å². The molecular formula is C46H46N12O3S2. The van der Waals surface area contributed by atoms with Crippen LogP contribution in [-0.2, 0) is 9.47 Å². The van der Waals surface area contributed by atoms with E-state index in [1.165, 1.54) is 11.1 Å². The van der Waals surface area contributed by atoms with Crippen molar-refractivity contribution in [1.29, 1.82) is 0 Å². The number of anilines is 4. The molecule has 8 heterocycles. The number of benzene rings is 2. The lowest BCUT2D eigenvalue weighted by Gasteiger charge is -2.28. The molecule has 10 rings (SSSR count). The first-order chi connectivity index (χ1) is 30.8. The quantitative estimate of drug-likeness (QED) is 0.0990. The van der Waals surface area contributed by atoms with Crippen LogP contribution in [0.5, 0.6) is 0 Å². The van der Waals surface area contributed by atoms with E-state index in [2.05, 4.69) is 97.3 Å². The van der Waals surface area contributed by atoms with E-state index < -0.39 is 0 Å². The van der Waals surface area contributed by atoms with Crippen LogP contribution in [0.2, 0.25) is 0 Å². The van der Waals surface area contributed by atoms with Crippen molar-refractivity contribution in [3.63, 3.8) is 0 Å². The molecule has 17 heteroatoms. The molecule has 15 nitrogen and oxygen atoms in total.